The highest BCUT2D eigenvalue weighted by Gasteiger charge is 2.73. The van der Waals surface area contributed by atoms with Gasteiger partial charge >= 0.3 is 6.09 Å². The second-order valence-corrected chi connectivity index (χ2v) is 15.5. The second-order valence-electron chi connectivity index (χ2n) is 15.5. The smallest absolute Gasteiger partial charge is 0.415 e. The highest BCUT2D eigenvalue weighted by Crippen LogP contribution is 2.65. The van der Waals surface area contributed by atoms with Crippen molar-refractivity contribution in [1.29, 1.82) is 0 Å². The fourth-order valence-electron chi connectivity index (χ4n) is 8.89. The molecule has 3 N–H and O–H groups in total. The maximum Gasteiger partial charge on any atom is 0.415 e. The number of benzene rings is 1. The van der Waals surface area contributed by atoms with Crippen LogP contribution in [-0.2, 0) is 30.9 Å². The molecule has 3 aliphatic carbocycles. The second kappa shape index (κ2) is 16.9. The van der Waals surface area contributed by atoms with Crippen LogP contribution in [0.15, 0.2) is 12.1 Å². The molecule has 1 aromatic carbocycles. The van der Waals surface area contributed by atoms with Gasteiger partial charge in [-0.3, -0.25) is 14.5 Å². The van der Waals surface area contributed by atoms with Crippen LogP contribution < -0.4 is 20.1 Å². The number of unbranched alkanes of at least 4 members (excludes halogenated alkanes) is 1. The fourth-order valence-corrected chi connectivity index (χ4v) is 8.89. The number of hydrogen-bond acceptors (Lipinski definition) is 10. The number of carbonyl (C=O) groups is 3. The van der Waals surface area contributed by atoms with E-state index in [1.807, 2.05) is 13.0 Å². The van der Waals surface area contributed by atoms with Gasteiger partial charge in [0.25, 0.3) is 0 Å². The van der Waals surface area contributed by atoms with Crippen molar-refractivity contribution in [3.63, 3.8) is 0 Å². The molecule has 284 valence electrons. The number of amides is 2. The van der Waals surface area contributed by atoms with Crippen LogP contribution in [0.3, 0.4) is 0 Å². The Morgan fingerprint density at radius 3 is 2.61 bits per heavy atom. The van der Waals surface area contributed by atoms with Crippen molar-refractivity contribution in [2.75, 3.05) is 65.7 Å². The maximum atomic E-state index is 13.8. The summed E-state index contributed by atoms with van der Waals surface area (Å²) in [7, 11) is 0. The van der Waals surface area contributed by atoms with Crippen LogP contribution in [-0.4, -0.2) is 122 Å². The third-order valence-corrected chi connectivity index (χ3v) is 11.6. The molecule has 0 radical (unpaired) electrons. The predicted molar refractivity (Wildman–Crippen MR) is 192 cm³/mol. The van der Waals surface area contributed by atoms with Crippen LogP contribution in [0, 0.1) is 5.92 Å². The minimum Gasteiger partial charge on any atom is -0.477 e. The van der Waals surface area contributed by atoms with Crippen LogP contribution in [0.4, 0.5) is 4.79 Å². The first-order valence-electron chi connectivity index (χ1n) is 19.6. The van der Waals surface area contributed by atoms with Gasteiger partial charge in [-0.1, -0.05) is 19.9 Å². The number of rotatable bonds is 21. The number of aliphatic hydroxyl groups is 1. The Hall–Kier alpha value is -2.77. The third kappa shape index (κ3) is 8.25. The zero-order valence-electron chi connectivity index (χ0n) is 31.0. The number of Topliss-reactive ketones (excluding diaryl/α,β-unsaturated/α-hetero) is 1. The van der Waals surface area contributed by atoms with Crippen molar-refractivity contribution >= 4 is 17.8 Å². The Morgan fingerprint density at radius 2 is 1.84 bits per heavy atom. The Labute approximate surface area is 303 Å². The molecular formula is C39H60N4O8. The van der Waals surface area contributed by atoms with E-state index in [0.717, 1.165) is 50.0 Å². The van der Waals surface area contributed by atoms with Gasteiger partial charge in [-0.05, 0) is 95.3 Å². The molecule has 2 amide bonds. The number of ether oxygens (including phenoxy) is 4. The lowest BCUT2D eigenvalue weighted by molar-refractivity contribution is -0.188. The summed E-state index contributed by atoms with van der Waals surface area (Å²) >= 11 is 0. The normalized spacial score (nSPS) is 26.2. The quantitative estimate of drug-likeness (QED) is 0.162. The molecule has 2 heterocycles. The number of nitrogens with one attached hydrogen (secondary N) is 2. The molecular weight excluding hydrogens is 652 g/mol. The fraction of sp³-hybridized carbons (Fsp3) is 0.769. The van der Waals surface area contributed by atoms with E-state index in [0.29, 0.717) is 102 Å². The average Bonchev–Trinajstić information content (AvgIpc) is 3.85. The first-order chi connectivity index (χ1) is 24.7. The molecule has 2 saturated carbocycles. The summed E-state index contributed by atoms with van der Waals surface area (Å²) in [4.78, 5) is 43.9. The van der Waals surface area contributed by atoms with Crippen LogP contribution >= 0.6 is 0 Å². The van der Waals surface area contributed by atoms with Gasteiger partial charge in [0.05, 0.1) is 24.2 Å². The molecule has 1 saturated heterocycles. The lowest BCUT2D eigenvalue weighted by atomic mass is 9.49. The van der Waals surface area contributed by atoms with Gasteiger partial charge in [0.15, 0.2) is 23.4 Å². The highest BCUT2D eigenvalue weighted by atomic mass is 16.6. The van der Waals surface area contributed by atoms with E-state index < -0.39 is 23.2 Å². The van der Waals surface area contributed by atoms with Crippen LogP contribution in [0.2, 0.25) is 0 Å². The van der Waals surface area contributed by atoms with Gasteiger partial charge in [-0.2, -0.15) is 0 Å². The van der Waals surface area contributed by atoms with E-state index in [1.54, 1.807) is 11.0 Å². The van der Waals surface area contributed by atoms with Crippen molar-refractivity contribution in [2.24, 2.45) is 5.92 Å². The number of ketones is 1. The minimum absolute atomic E-state index is 0.00947. The van der Waals surface area contributed by atoms with Gasteiger partial charge in [-0.25, -0.2) is 4.79 Å². The molecule has 3 fully saturated rings. The number of carbonyl (C=O) groups excluding carboxylic acids is 3. The minimum atomic E-state index is -1.07. The highest BCUT2D eigenvalue weighted by molar-refractivity contribution is 5.90. The van der Waals surface area contributed by atoms with Gasteiger partial charge in [0.1, 0.15) is 0 Å². The summed E-state index contributed by atoms with van der Waals surface area (Å²) in [6, 6.07) is 4.10. The number of piperidine rings is 1. The summed E-state index contributed by atoms with van der Waals surface area (Å²) in [5.74, 6) is 1.46. The number of hydrogen-bond donors (Lipinski definition) is 3. The van der Waals surface area contributed by atoms with Crippen molar-refractivity contribution < 1.29 is 38.4 Å². The zero-order valence-corrected chi connectivity index (χ0v) is 31.0. The summed E-state index contributed by atoms with van der Waals surface area (Å²) in [5.41, 5.74) is 0.0635. The molecule has 2 bridgehead atoms. The first-order valence-corrected chi connectivity index (χ1v) is 19.6. The molecule has 1 spiro atoms. The van der Waals surface area contributed by atoms with Crippen LogP contribution in [0.1, 0.15) is 96.1 Å². The Bertz CT molecular complexity index is 1390. The largest absolute Gasteiger partial charge is 0.477 e. The van der Waals surface area contributed by atoms with Gasteiger partial charge in [0.2, 0.25) is 5.91 Å². The molecule has 0 unspecified atom stereocenters. The molecule has 2 aliphatic heterocycles. The molecule has 12 heteroatoms. The monoisotopic (exact) mass is 712 g/mol. The zero-order chi connectivity index (χ0) is 36.0. The number of nitrogens with zero attached hydrogens (tertiary/aromatic N) is 2. The molecule has 0 aromatic heterocycles. The molecule has 4 atom stereocenters. The van der Waals surface area contributed by atoms with Crippen molar-refractivity contribution in [3.8, 4) is 11.5 Å². The molecule has 12 nitrogen and oxygen atoms in total. The summed E-state index contributed by atoms with van der Waals surface area (Å²) in [6.45, 7) is 12.5. The SMILES string of the molecule is CCOCCOCCCCC(=O)NCCCN(CCCNC(C)C)C(=O)Oc1ccc2c3c1O[C@H]1C(=O)CC[C@@]4(O)[C@@H](C2)N(CC2CC2)CC[C@]314. The van der Waals surface area contributed by atoms with Gasteiger partial charge in [0, 0.05) is 69.9 Å². The summed E-state index contributed by atoms with van der Waals surface area (Å²) in [5, 5.41) is 19.0. The van der Waals surface area contributed by atoms with E-state index in [2.05, 4.69) is 29.4 Å². The van der Waals surface area contributed by atoms with E-state index in [-0.39, 0.29) is 24.2 Å². The van der Waals surface area contributed by atoms with E-state index in [4.69, 9.17) is 18.9 Å². The van der Waals surface area contributed by atoms with Gasteiger partial charge in [-0.15, -0.1) is 0 Å². The molecule has 5 aliphatic rings. The molecule has 51 heavy (non-hydrogen) atoms. The van der Waals surface area contributed by atoms with Crippen LogP contribution in [0.5, 0.6) is 11.5 Å². The lowest BCUT2D eigenvalue weighted by Gasteiger charge is -2.62. The van der Waals surface area contributed by atoms with E-state index in [1.165, 1.54) is 12.8 Å². The Balaban J connectivity index is 1.08. The topological polar surface area (TPSA) is 139 Å². The van der Waals surface area contributed by atoms with E-state index >= 15 is 0 Å². The summed E-state index contributed by atoms with van der Waals surface area (Å²) < 4.78 is 23.4. The van der Waals surface area contributed by atoms with E-state index in [9.17, 15) is 19.5 Å². The molecule has 6 rings (SSSR count). The Kier molecular flexibility index (Phi) is 12.6. The Morgan fingerprint density at radius 1 is 1.06 bits per heavy atom. The predicted octanol–water partition coefficient (Wildman–Crippen LogP) is 3.74. The van der Waals surface area contributed by atoms with Crippen molar-refractivity contribution in [3.05, 3.63) is 23.3 Å². The summed E-state index contributed by atoms with van der Waals surface area (Å²) in [6.07, 6.45) is 6.60. The lowest BCUT2D eigenvalue weighted by Crippen LogP contribution is -2.76. The van der Waals surface area contributed by atoms with Crippen molar-refractivity contribution in [1.82, 2.24) is 20.4 Å². The third-order valence-electron chi connectivity index (χ3n) is 11.6. The van der Waals surface area contributed by atoms with Crippen LogP contribution in [0.25, 0.3) is 0 Å². The first kappa shape index (κ1) is 38.0. The van der Waals surface area contributed by atoms with Gasteiger partial charge < -0.3 is 39.6 Å². The standard InChI is InChI=1S/C39H60N4O8/c1-4-48-23-24-49-22-6-5-9-33(45)41-18-8-20-42(19-7-17-40-27(2)3)37(46)50-31-13-12-29-25-32-39(47)15-14-30(44)36-38(39,34(29)35(31)51-36)16-21-43(32)26-28-10-11-28/h12-13,27-28,32,36,40,47H,4-11,14-26H2,1-3H3,(H,41,45)/t32-,36+,38+,39-/m1/s1. The molecule has 1 aromatic rings. The maximum absolute atomic E-state index is 13.8. The van der Waals surface area contributed by atoms with Crippen molar-refractivity contribution in [2.45, 2.75) is 121 Å². The number of likely N-dealkylation sites (tertiary alicyclic amines) is 1. The average molecular weight is 713 g/mol.